The van der Waals surface area contributed by atoms with Crippen LogP contribution >= 0.6 is 11.6 Å². The van der Waals surface area contributed by atoms with E-state index >= 15 is 0 Å². The molecule has 1 saturated heterocycles. The molecule has 1 fully saturated rings. The van der Waals surface area contributed by atoms with E-state index < -0.39 is 0 Å². The number of halogens is 1. The monoisotopic (exact) mass is 228 g/mol. The van der Waals surface area contributed by atoms with E-state index in [-0.39, 0.29) is 10.6 Å². The number of hydrogen-bond acceptors (Lipinski definition) is 4. The molecule has 0 unspecified atom stereocenters. The summed E-state index contributed by atoms with van der Waals surface area (Å²) >= 11 is 5.90. The fourth-order valence-corrected chi connectivity index (χ4v) is 1.84. The highest BCUT2D eigenvalue weighted by atomic mass is 35.5. The molecule has 1 aliphatic rings. The molecule has 0 saturated carbocycles. The molecule has 82 valence electrons. The SMILES string of the molecule is CN1CCN(c2nc[nH]c(=O)c2Cl)CC1. The van der Waals surface area contributed by atoms with Crippen molar-refractivity contribution in [2.24, 2.45) is 0 Å². The minimum Gasteiger partial charge on any atom is -0.353 e. The largest absolute Gasteiger partial charge is 0.353 e. The van der Waals surface area contributed by atoms with E-state index in [2.05, 4.69) is 21.9 Å². The second-order valence-corrected chi connectivity index (χ2v) is 4.04. The van der Waals surface area contributed by atoms with Gasteiger partial charge in [-0.2, -0.15) is 0 Å². The van der Waals surface area contributed by atoms with Gasteiger partial charge in [0, 0.05) is 26.2 Å². The maximum absolute atomic E-state index is 11.3. The van der Waals surface area contributed by atoms with Crippen LogP contribution in [-0.2, 0) is 0 Å². The molecule has 5 nitrogen and oxygen atoms in total. The molecule has 2 rings (SSSR count). The Kier molecular flexibility index (Phi) is 2.93. The lowest BCUT2D eigenvalue weighted by atomic mass is 10.3. The lowest BCUT2D eigenvalue weighted by molar-refractivity contribution is 0.312. The first-order valence-corrected chi connectivity index (χ1v) is 5.23. The van der Waals surface area contributed by atoms with E-state index in [1.807, 2.05) is 4.90 Å². The van der Waals surface area contributed by atoms with Gasteiger partial charge in [0.1, 0.15) is 5.02 Å². The Balaban J connectivity index is 2.23. The van der Waals surface area contributed by atoms with Gasteiger partial charge >= 0.3 is 0 Å². The number of likely N-dealkylation sites (N-methyl/N-ethyl adjacent to an activating group) is 1. The maximum Gasteiger partial charge on any atom is 0.271 e. The predicted octanol–water partition coefficient (Wildman–Crippen LogP) is 0.175. The summed E-state index contributed by atoms with van der Waals surface area (Å²) < 4.78 is 0. The third-order valence-electron chi connectivity index (χ3n) is 2.58. The van der Waals surface area contributed by atoms with Crippen LogP contribution in [0.3, 0.4) is 0 Å². The van der Waals surface area contributed by atoms with Gasteiger partial charge in [0.15, 0.2) is 5.82 Å². The number of H-pyrrole nitrogens is 1. The van der Waals surface area contributed by atoms with Crippen LogP contribution in [0.25, 0.3) is 0 Å². The van der Waals surface area contributed by atoms with Crippen molar-refractivity contribution in [2.45, 2.75) is 0 Å². The molecule has 6 heteroatoms. The lowest BCUT2D eigenvalue weighted by Crippen LogP contribution is -2.45. The minimum absolute atomic E-state index is 0.182. The van der Waals surface area contributed by atoms with Crippen molar-refractivity contribution in [1.29, 1.82) is 0 Å². The highest BCUT2D eigenvalue weighted by Crippen LogP contribution is 2.19. The van der Waals surface area contributed by atoms with Crippen LogP contribution in [0.5, 0.6) is 0 Å². The Hall–Kier alpha value is -1.07. The van der Waals surface area contributed by atoms with E-state index in [1.54, 1.807) is 0 Å². The Morgan fingerprint density at radius 3 is 2.73 bits per heavy atom. The fourth-order valence-electron chi connectivity index (χ4n) is 1.61. The standard InChI is InChI=1S/C9H13ClN4O/c1-13-2-4-14(5-3-13)8-7(10)9(15)12-6-11-8/h6H,2-5H2,1H3,(H,11,12,15). The van der Waals surface area contributed by atoms with Crippen LogP contribution < -0.4 is 10.5 Å². The van der Waals surface area contributed by atoms with Crippen LogP contribution in [0.4, 0.5) is 5.82 Å². The average molecular weight is 229 g/mol. The molecule has 0 radical (unpaired) electrons. The van der Waals surface area contributed by atoms with Crippen molar-refractivity contribution in [1.82, 2.24) is 14.9 Å². The third kappa shape index (κ3) is 2.13. The van der Waals surface area contributed by atoms with Gasteiger partial charge in [0.25, 0.3) is 5.56 Å². The highest BCUT2D eigenvalue weighted by Gasteiger charge is 2.18. The summed E-state index contributed by atoms with van der Waals surface area (Å²) in [5, 5.41) is 0.182. The fraction of sp³-hybridized carbons (Fsp3) is 0.556. The number of nitrogens with zero attached hydrogens (tertiary/aromatic N) is 3. The average Bonchev–Trinajstić information content (AvgIpc) is 2.24. The summed E-state index contributed by atoms with van der Waals surface area (Å²) in [6.07, 6.45) is 1.39. The van der Waals surface area contributed by atoms with Crippen LogP contribution in [0.2, 0.25) is 5.02 Å². The van der Waals surface area contributed by atoms with Crippen molar-refractivity contribution in [3.63, 3.8) is 0 Å². The molecule has 0 atom stereocenters. The van der Waals surface area contributed by atoms with E-state index in [0.717, 1.165) is 26.2 Å². The predicted molar refractivity (Wildman–Crippen MR) is 59.6 cm³/mol. The van der Waals surface area contributed by atoms with Crippen molar-refractivity contribution in [2.75, 3.05) is 38.1 Å². The van der Waals surface area contributed by atoms with Crippen molar-refractivity contribution in [3.8, 4) is 0 Å². The van der Waals surface area contributed by atoms with Gasteiger partial charge in [-0.3, -0.25) is 4.79 Å². The first-order valence-electron chi connectivity index (χ1n) is 4.85. The van der Waals surface area contributed by atoms with Crippen molar-refractivity contribution >= 4 is 17.4 Å². The number of rotatable bonds is 1. The van der Waals surface area contributed by atoms with Gasteiger partial charge in [0.05, 0.1) is 6.33 Å². The van der Waals surface area contributed by atoms with Gasteiger partial charge in [-0.1, -0.05) is 11.6 Å². The lowest BCUT2D eigenvalue weighted by Gasteiger charge is -2.33. The van der Waals surface area contributed by atoms with E-state index in [9.17, 15) is 4.79 Å². The molecule has 0 aliphatic carbocycles. The first-order chi connectivity index (χ1) is 7.18. The molecule has 0 aromatic carbocycles. The smallest absolute Gasteiger partial charge is 0.271 e. The first kappa shape index (κ1) is 10.4. The Morgan fingerprint density at radius 1 is 1.40 bits per heavy atom. The topological polar surface area (TPSA) is 52.2 Å². The molecule has 0 bridgehead atoms. The summed E-state index contributed by atoms with van der Waals surface area (Å²) in [7, 11) is 2.07. The molecule has 2 heterocycles. The molecule has 1 aromatic heterocycles. The van der Waals surface area contributed by atoms with Crippen molar-refractivity contribution in [3.05, 3.63) is 21.7 Å². The normalized spacial score (nSPS) is 18.1. The van der Waals surface area contributed by atoms with Gasteiger partial charge < -0.3 is 14.8 Å². The molecule has 1 aromatic rings. The van der Waals surface area contributed by atoms with Crippen LogP contribution in [0.15, 0.2) is 11.1 Å². The number of hydrogen-bond donors (Lipinski definition) is 1. The molecule has 1 N–H and O–H groups in total. The van der Waals surface area contributed by atoms with Crippen LogP contribution in [0.1, 0.15) is 0 Å². The minimum atomic E-state index is -0.277. The second kappa shape index (κ2) is 4.20. The van der Waals surface area contributed by atoms with Gasteiger partial charge in [-0.05, 0) is 7.05 Å². The van der Waals surface area contributed by atoms with E-state index in [1.165, 1.54) is 6.33 Å². The van der Waals surface area contributed by atoms with E-state index in [0.29, 0.717) is 5.82 Å². The zero-order valence-electron chi connectivity index (χ0n) is 8.53. The number of piperazine rings is 1. The molecular formula is C9H13ClN4O. The zero-order chi connectivity index (χ0) is 10.8. The Bertz CT molecular complexity index is 397. The molecule has 0 spiro atoms. The highest BCUT2D eigenvalue weighted by molar-refractivity contribution is 6.32. The van der Waals surface area contributed by atoms with Gasteiger partial charge in [0.2, 0.25) is 0 Å². The van der Waals surface area contributed by atoms with E-state index in [4.69, 9.17) is 11.6 Å². The zero-order valence-corrected chi connectivity index (χ0v) is 9.29. The number of anilines is 1. The summed E-state index contributed by atoms with van der Waals surface area (Å²) in [6, 6.07) is 0. The maximum atomic E-state index is 11.3. The Labute approximate surface area is 92.7 Å². The van der Waals surface area contributed by atoms with Crippen molar-refractivity contribution < 1.29 is 0 Å². The summed E-state index contributed by atoms with van der Waals surface area (Å²) in [4.78, 5) is 22.1. The number of aromatic nitrogens is 2. The second-order valence-electron chi connectivity index (χ2n) is 3.66. The molecule has 0 amide bonds. The van der Waals surface area contributed by atoms with Crippen LogP contribution in [0, 0.1) is 0 Å². The molecule has 15 heavy (non-hydrogen) atoms. The number of aromatic amines is 1. The molecule has 1 aliphatic heterocycles. The van der Waals surface area contributed by atoms with Gasteiger partial charge in [-0.15, -0.1) is 0 Å². The Morgan fingerprint density at radius 2 is 2.07 bits per heavy atom. The summed E-state index contributed by atoms with van der Waals surface area (Å²) in [5.41, 5.74) is -0.277. The van der Waals surface area contributed by atoms with Crippen LogP contribution in [-0.4, -0.2) is 48.1 Å². The third-order valence-corrected chi connectivity index (χ3v) is 2.92. The quantitative estimate of drug-likeness (QED) is 0.745. The molecular weight excluding hydrogens is 216 g/mol. The summed E-state index contributed by atoms with van der Waals surface area (Å²) in [6.45, 7) is 3.63. The number of nitrogens with one attached hydrogen (secondary N) is 1. The van der Waals surface area contributed by atoms with Gasteiger partial charge in [-0.25, -0.2) is 4.98 Å². The summed E-state index contributed by atoms with van der Waals surface area (Å²) in [5.74, 6) is 0.591.